The lowest BCUT2D eigenvalue weighted by Gasteiger charge is -2.20. The van der Waals surface area contributed by atoms with Gasteiger partial charge in [-0.3, -0.25) is 5.32 Å². The van der Waals surface area contributed by atoms with Crippen LogP contribution in [0.2, 0.25) is 0 Å². The SMILES string of the molecule is CN(C)c1ccc(NC(=O)OC(C)(C)C)cc1Br. The van der Waals surface area contributed by atoms with Gasteiger partial charge in [0.15, 0.2) is 0 Å². The molecule has 0 atom stereocenters. The van der Waals surface area contributed by atoms with E-state index in [1.54, 1.807) is 0 Å². The number of rotatable bonds is 2. The second kappa shape index (κ2) is 5.61. The Kier molecular flexibility index (Phi) is 4.62. The summed E-state index contributed by atoms with van der Waals surface area (Å²) in [5.41, 5.74) is 1.25. The lowest BCUT2D eigenvalue weighted by atomic mass is 10.2. The highest BCUT2D eigenvalue weighted by Crippen LogP contribution is 2.28. The standard InChI is InChI=1S/C13H19BrN2O2/c1-13(2,3)18-12(17)15-9-6-7-11(16(4)5)10(14)8-9/h6-8H,1-5H3,(H,15,17). The zero-order valence-corrected chi connectivity index (χ0v) is 13.0. The van der Waals surface area contributed by atoms with Crippen molar-refractivity contribution in [3.8, 4) is 0 Å². The van der Waals surface area contributed by atoms with E-state index < -0.39 is 11.7 Å². The molecule has 1 aromatic rings. The normalized spacial score (nSPS) is 11.0. The predicted molar refractivity (Wildman–Crippen MR) is 78.3 cm³/mol. The molecule has 0 radical (unpaired) electrons. The van der Waals surface area contributed by atoms with Gasteiger partial charge in [0.1, 0.15) is 5.60 Å². The summed E-state index contributed by atoms with van der Waals surface area (Å²) in [4.78, 5) is 13.6. The second-order valence-corrected chi connectivity index (χ2v) is 6.04. The van der Waals surface area contributed by atoms with Crippen LogP contribution in [0.4, 0.5) is 16.2 Å². The van der Waals surface area contributed by atoms with Crippen LogP contribution in [0.5, 0.6) is 0 Å². The van der Waals surface area contributed by atoms with Gasteiger partial charge in [0.25, 0.3) is 0 Å². The van der Waals surface area contributed by atoms with Gasteiger partial charge in [0.05, 0.1) is 5.69 Å². The van der Waals surface area contributed by atoms with Crippen LogP contribution < -0.4 is 10.2 Å². The summed E-state index contributed by atoms with van der Waals surface area (Å²) in [6.07, 6.45) is -0.452. The Morgan fingerprint density at radius 3 is 2.39 bits per heavy atom. The van der Waals surface area contributed by atoms with E-state index in [9.17, 15) is 4.79 Å². The summed E-state index contributed by atoms with van der Waals surface area (Å²) in [6, 6.07) is 5.61. The van der Waals surface area contributed by atoms with Gasteiger partial charge in [-0.15, -0.1) is 0 Å². The van der Waals surface area contributed by atoms with Crippen molar-refractivity contribution in [2.45, 2.75) is 26.4 Å². The van der Waals surface area contributed by atoms with Crippen molar-refractivity contribution in [1.82, 2.24) is 0 Å². The molecule has 100 valence electrons. The van der Waals surface area contributed by atoms with E-state index >= 15 is 0 Å². The van der Waals surface area contributed by atoms with Crippen molar-refractivity contribution in [1.29, 1.82) is 0 Å². The van der Waals surface area contributed by atoms with E-state index in [1.165, 1.54) is 0 Å². The Bertz CT molecular complexity index is 439. The lowest BCUT2D eigenvalue weighted by molar-refractivity contribution is 0.0636. The minimum absolute atomic E-state index is 0.452. The highest BCUT2D eigenvalue weighted by Gasteiger charge is 2.16. The minimum Gasteiger partial charge on any atom is -0.444 e. The molecule has 0 aliphatic rings. The van der Waals surface area contributed by atoms with Gasteiger partial charge in [-0.1, -0.05) is 0 Å². The fourth-order valence-electron chi connectivity index (χ4n) is 1.37. The maximum atomic E-state index is 11.6. The van der Waals surface area contributed by atoms with Crippen LogP contribution in [-0.2, 0) is 4.74 Å². The van der Waals surface area contributed by atoms with E-state index in [0.29, 0.717) is 5.69 Å². The van der Waals surface area contributed by atoms with Crippen molar-refractivity contribution < 1.29 is 9.53 Å². The van der Waals surface area contributed by atoms with Gasteiger partial charge in [0, 0.05) is 24.3 Å². The highest BCUT2D eigenvalue weighted by molar-refractivity contribution is 9.10. The van der Waals surface area contributed by atoms with Crippen molar-refractivity contribution >= 4 is 33.4 Å². The number of anilines is 2. The lowest BCUT2D eigenvalue weighted by Crippen LogP contribution is -2.27. The fourth-order valence-corrected chi connectivity index (χ4v) is 2.10. The number of benzene rings is 1. The Morgan fingerprint density at radius 1 is 1.33 bits per heavy atom. The molecule has 0 unspecified atom stereocenters. The molecule has 0 fully saturated rings. The summed E-state index contributed by atoms with van der Waals surface area (Å²) < 4.78 is 6.10. The number of nitrogens with zero attached hydrogens (tertiary/aromatic N) is 1. The number of amides is 1. The van der Waals surface area contributed by atoms with E-state index in [0.717, 1.165) is 10.2 Å². The van der Waals surface area contributed by atoms with E-state index in [4.69, 9.17) is 4.74 Å². The van der Waals surface area contributed by atoms with E-state index in [2.05, 4.69) is 21.2 Å². The molecule has 1 aromatic carbocycles. The molecular weight excluding hydrogens is 296 g/mol. The van der Waals surface area contributed by atoms with Crippen LogP contribution in [0, 0.1) is 0 Å². The van der Waals surface area contributed by atoms with Crippen LogP contribution in [0.3, 0.4) is 0 Å². The molecule has 0 aromatic heterocycles. The van der Waals surface area contributed by atoms with Crippen LogP contribution >= 0.6 is 15.9 Å². The first kappa shape index (κ1) is 14.8. The smallest absolute Gasteiger partial charge is 0.412 e. The second-order valence-electron chi connectivity index (χ2n) is 5.19. The maximum Gasteiger partial charge on any atom is 0.412 e. The minimum atomic E-state index is -0.495. The third-order valence-electron chi connectivity index (χ3n) is 2.07. The molecule has 1 rings (SSSR count). The Balaban J connectivity index is 2.75. The molecule has 0 aliphatic heterocycles. The van der Waals surface area contributed by atoms with Gasteiger partial charge in [-0.05, 0) is 54.9 Å². The van der Waals surface area contributed by atoms with Crippen LogP contribution in [0.15, 0.2) is 22.7 Å². The largest absolute Gasteiger partial charge is 0.444 e. The van der Waals surface area contributed by atoms with Crippen molar-refractivity contribution in [3.63, 3.8) is 0 Å². The quantitative estimate of drug-likeness (QED) is 0.901. The van der Waals surface area contributed by atoms with E-state index in [1.807, 2.05) is 58.0 Å². The molecular formula is C13H19BrN2O2. The number of hydrogen-bond donors (Lipinski definition) is 1. The molecule has 0 aliphatic carbocycles. The molecule has 1 amide bonds. The summed E-state index contributed by atoms with van der Waals surface area (Å²) in [7, 11) is 3.92. The molecule has 0 heterocycles. The first-order valence-electron chi connectivity index (χ1n) is 5.66. The van der Waals surface area contributed by atoms with E-state index in [-0.39, 0.29) is 0 Å². The van der Waals surface area contributed by atoms with Gasteiger partial charge in [-0.2, -0.15) is 0 Å². The molecule has 1 N–H and O–H groups in total. The molecule has 4 nitrogen and oxygen atoms in total. The number of carbonyl (C=O) groups excluding carboxylic acids is 1. The summed E-state index contributed by atoms with van der Waals surface area (Å²) in [5, 5.41) is 2.70. The zero-order valence-electron chi connectivity index (χ0n) is 11.4. The highest BCUT2D eigenvalue weighted by atomic mass is 79.9. The number of hydrogen-bond acceptors (Lipinski definition) is 3. The molecule has 0 spiro atoms. The van der Waals surface area contributed by atoms with Crippen molar-refractivity contribution in [2.75, 3.05) is 24.3 Å². The van der Waals surface area contributed by atoms with Gasteiger partial charge >= 0.3 is 6.09 Å². The number of halogens is 1. The summed E-state index contributed by atoms with van der Waals surface area (Å²) in [6.45, 7) is 5.49. The third-order valence-corrected chi connectivity index (χ3v) is 2.71. The number of carbonyl (C=O) groups is 1. The average molecular weight is 315 g/mol. The fraction of sp³-hybridized carbons (Fsp3) is 0.462. The maximum absolute atomic E-state index is 11.6. The van der Waals surface area contributed by atoms with Crippen LogP contribution in [0.25, 0.3) is 0 Å². The van der Waals surface area contributed by atoms with Gasteiger partial charge < -0.3 is 9.64 Å². The van der Waals surface area contributed by atoms with Gasteiger partial charge in [0.2, 0.25) is 0 Å². The molecule has 18 heavy (non-hydrogen) atoms. The topological polar surface area (TPSA) is 41.6 Å². The molecule has 0 saturated heterocycles. The predicted octanol–water partition coefficient (Wildman–Crippen LogP) is 3.86. The number of nitrogens with one attached hydrogen (secondary N) is 1. The zero-order chi connectivity index (χ0) is 13.9. The van der Waals surface area contributed by atoms with Gasteiger partial charge in [-0.25, -0.2) is 4.79 Å². The monoisotopic (exact) mass is 314 g/mol. The molecule has 0 bridgehead atoms. The molecule has 5 heteroatoms. The number of ether oxygens (including phenoxy) is 1. The molecule has 0 saturated carbocycles. The third kappa shape index (κ3) is 4.56. The van der Waals surface area contributed by atoms with Crippen molar-refractivity contribution in [3.05, 3.63) is 22.7 Å². The summed E-state index contributed by atoms with van der Waals surface area (Å²) in [5.74, 6) is 0. The Hall–Kier alpha value is -1.23. The average Bonchev–Trinajstić information content (AvgIpc) is 2.13. The Morgan fingerprint density at radius 2 is 1.94 bits per heavy atom. The summed E-state index contributed by atoms with van der Waals surface area (Å²) >= 11 is 3.47. The Labute approximate surface area is 116 Å². The van der Waals surface area contributed by atoms with Crippen LogP contribution in [0.1, 0.15) is 20.8 Å². The first-order valence-corrected chi connectivity index (χ1v) is 6.45. The van der Waals surface area contributed by atoms with Crippen molar-refractivity contribution in [2.24, 2.45) is 0 Å². The first-order chi connectivity index (χ1) is 8.19. The van der Waals surface area contributed by atoms with Crippen LogP contribution in [-0.4, -0.2) is 25.8 Å².